The van der Waals surface area contributed by atoms with Gasteiger partial charge in [-0.3, -0.25) is 4.90 Å². The smallest absolute Gasteiger partial charge is 0.146 e. The number of aryl methyl sites for hydroxylation is 1. The summed E-state index contributed by atoms with van der Waals surface area (Å²) < 4.78 is 2.17. The van der Waals surface area contributed by atoms with Crippen molar-refractivity contribution in [3.8, 4) is 0 Å². The standard InChI is InChI=1S/C19H29N7O/c1-14-20-8-5-17(21-14)26-9-3-4-15(12-26)19-23-22-18(24(19)2)13-25-10-6-16(27)7-11-25/h5,8,15-16,27H,3-4,6-7,9-13H2,1-2H3/t15-/m1/s1. The number of rotatable bonds is 4. The van der Waals surface area contributed by atoms with Crippen LogP contribution in [0.3, 0.4) is 0 Å². The predicted molar refractivity (Wildman–Crippen MR) is 102 cm³/mol. The van der Waals surface area contributed by atoms with Crippen molar-refractivity contribution >= 4 is 5.82 Å². The van der Waals surface area contributed by atoms with Crippen LogP contribution in [0.1, 0.15) is 49.1 Å². The van der Waals surface area contributed by atoms with E-state index in [9.17, 15) is 5.11 Å². The van der Waals surface area contributed by atoms with Crippen LogP contribution in [0.2, 0.25) is 0 Å². The molecule has 4 heterocycles. The minimum absolute atomic E-state index is 0.144. The van der Waals surface area contributed by atoms with E-state index in [1.165, 1.54) is 0 Å². The Labute approximate surface area is 160 Å². The molecule has 2 aliphatic rings. The first-order chi connectivity index (χ1) is 13.1. The molecule has 2 saturated heterocycles. The third kappa shape index (κ3) is 4.11. The molecular weight excluding hydrogens is 342 g/mol. The van der Waals surface area contributed by atoms with Gasteiger partial charge in [0.15, 0.2) is 0 Å². The zero-order valence-electron chi connectivity index (χ0n) is 16.3. The summed E-state index contributed by atoms with van der Waals surface area (Å²) in [6.45, 7) is 6.52. The van der Waals surface area contributed by atoms with Gasteiger partial charge in [-0.15, -0.1) is 10.2 Å². The second-order valence-corrected chi connectivity index (χ2v) is 7.79. The lowest BCUT2D eigenvalue weighted by Crippen LogP contribution is -2.37. The van der Waals surface area contributed by atoms with E-state index in [0.717, 1.165) is 81.7 Å². The fourth-order valence-corrected chi connectivity index (χ4v) is 4.16. The van der Waals surface area contributed by atoms with Gasteiger partial charge in [-0.1, -0.05) is 0 Å². The van der Waals surface area contributed by atoms with Crippen LogP contribution < -0.4 is 4.90 Å². The Hall–Kier alpha value is -2.06. The van der Waals surface area contributed by atoms with Crippen LogP contribution in [0, 0.1) is 6.92 Å². The number of hydrogen-bond donors (Lipinski definition) is 1. The van der Waals surface area contributed by atoms with E-state index in [0.29, 0.717) is 5.92 Å². The first-order valence-corrected chi connectivity index (χ1v) is 9.93. The van der Waals surface area contributed by atoms with E-state index in [2.05, 4.69) is 41.6 Å². The molecule has 27 heavy (non-hydrogen) atoms. The lowest BCUT2D eigenvalue weighted by atomic mass is 9.97. The number of aliphatic hydroxyl groups excluding tert-OH is 1. The number of anilines is 1. The van der Waals surface area contributed by atoms with Gasteiger partial charge < -0.3 is 14.6 Å². The lowest BCUT2D eigenvalue weighted by molar-refractivity contribution is 0.0775. The molecule has 0 spiro atoms. The summed E-state index contributed by atoms with van der Waals surface area (Å²) in [6.07, 6.45) is 5.64. The maximum Gasteiger partial charge on any atom is 0.146 e. The number of likely N-dealkylation sites (tertiary alicyclic amines) is 1. The quantitative estimate of drug-likeness (QED) is 0.866. The number of nitrogens with zero attached hydrogens (tertiary/aromatic N) is 7. The van der Waals surface area contributed by atoms with Crippen LogP contribution >= 0.6 is 0 Å². The van der Waals surface area contributed by atoms with Gasteiger partial charge >= 0.3 is 0 Å². The molecule has 0 aliphatic carbocycles. The summed E-state index contributed by atoms with van der Waals surface area (Å²) in [7, 11) is 2.08. The van der Waals surface area contributed by atoms with Gasteiger partial charge in [-0.2, -0.15) is 0 Å². The summed E-state index contributed by atoms with van der Waals surface area (Å²) in [5.74, 6) is 4.25. The molecule has 1 atom stereocenters. The van der Waals surface area contributed by atoms with Gasteiger partial charge in [-0.25, -0.2) is 9.97 Å². The van der Waals surface area contributed by atoms with Gasteiger partial charge in [0.25, 0.3) is 0 Å². The van der Waals surface area contributed by atoms with Gasteiger partial charge in [0, 0.05) is 45.3 Å². The van der Waals surface area contributed by atoms with Crippen molar-refractivity contribution in [3.05, 3.63) is 29.7 Å². The molecule has 2 fully saturated rings. The summed E-state index contributed by atoms with van der Waals surface area (Å²) in [4.78, 5) is 13.5. The molecule has 0 bridgehead atoms. The maximum absolute atomic E-state index is 9.68. The molecule has 146 valence electrons. The second kappa shape index (κ2) is 7.90. The molecule has 0 saturated carbocycles. The Morgan fingerprint density at radius 1 is 1.15 bits per heavy atom. The monoisotopic (exact) mass is 371 g/mol. The van der Waals surface area contributed by atoms with Gasteiger partial charge in [-0.05, 0) is 38.7 Å². The van der Waals surface area contributed by atoms with Crippen LogP contribution in [0.25, 0.3) is 0 Å². The van der Waals surface area contributed by atoms with Crippen molar-refractivity contribution in [2.45, 2.75) is 51.2 Å². The molecule has 4 rings (SSSR count). The van der Waals surface area contributed by atoms with Crippen molar-refractivity contribution in [1.29, 1.82) is 0 Å². The van der Waals surface area contributed by atoms with Crippen molar-refractivity contribution in [1.82, 2.24) is 29.6 Å². The Morgan fingerprint density at radius 3 is 2.74 bits per heavy atom. The van der Waals surface area contributed by atoms with Crippen molar-refractivity contribution in [2.75, 3.05) is 31.1 Å². The minimum atomic E-state index is -0.144. The average Bonchev–Trinajstić information content (AvgIpc) is 3.04. The predicted octanol–water partition coefficient (Wildman–Crippen LogP) is 1.25. The number of piperidine rings is 2. The fraction of sp³-hybridized carbons (Fsp3) is 0.684. The van der Waals surface area contributed by atoms with Gasteiger partial charge in [0.1, 0.15) is 23.3 Å². The van der Waals surface area contributed by atoms with Crippen molar-refractivity contribution < 1.29 is 5.11 Å². The van der Waals surface area contributed by atoms with Crippen LogP contribution in [0.4, 0.5) is 5.82 Å². The van der Waals surface area contributed by atoms with E-state index < -0.39 is 0 Å². The number of aliphatic hydroxyl groups is 1. The molecule has 0 aromatic carbocycles. The molecule has 2 aromatic rings. The van der Waals surface area contributed by atoms with E-state index in [1.807, 2.05) is 19.2 Å². The van der Waals surface area contributed by atoms with E-state index >= 15 is 0 Å². The Balaban J connectivity index is 1.44. The first kappa shape index (κ1) is 18.3. The fourth-order valence-electron chi connectivity index (χ4n) is 4.16. The molecule has 2 aliphatic heterocycles. The van der Waals surface area contributed by atoms with Gasteiger partial charge in [0.2, 0.25) is 0 Å². The largest absolute Gasteiger partial charge is 0.393 e. The highest BCUT2D eigenvalue weighted by molar-refractivity contribution is 5.38. The van der Waals surface area contributed by atoms with E-state index in [-0.39, 0.29) is 6.10 Å². The zero-order valence-corrected chi connectivity index (χ0v) is 16.3. The van der Waals surface area contributed by atoms with Crippen molar-refractivity contribution in [2.24, 2.45) is 7.05 Å². The van der Waals surface area contributed by atoms with Gasteiger partial charge in [0.05, 0.1) is 12.6 Å². The van der Waals surface area contributed by atoms with Crippen LogP contribution in [-0.4, -0.2) is 67.0 Å². The van der Waals surface area contributed by atoms with E-state index in [1.54, 1.807) is 0 Å². The highest BCUT2D eigenvalue weighted by atomic mass is 16.3. The Kier molecular flexibility index (Phi) is 5.36. The van der Waals surface area contributed by atoms with Crippen molar-refractivity contribution in [3.63, 3.8) is 0 Å². The molecule has 2 aromatic heterocycles. The van der Waals surface area contributed by atoms with Crippen LogP contribution in [-0.2, 0) is 13.6 Å². The Bertz CT molecular complexity index is 769. The summed E-state index contributed by atoms with van der Waals surface area (Å²) >= 11 is 0. The molecule has 8 nitrogen and oxygen atoms in total. The van der Waals surface area contributed by atoms with Crippen LogP contribution in [0.15, 0.2) is 12.3 Å². The average molecular weight is 371 g/mol. The lowest BCUT2D eigenvalue weighted by Gasteiger charge is -2.33. The highest BCUT2D eigenvalue weighted by Gasteiger charge is 2.27. The third-order valence-corrected chi connectivity index (χ3v) is 5.79. The molecule has 1 N–H and O–H groups in total. The molecule has 0 amide bonds. The summed E-state index contributed by atoms with van der Waals surface area (Å²) in [5.41, 5.74) is 0. The summed E-state index contributed by atoms with van der Waals surface area (Å²) in [5, 5.41) is 18.7. The first-order valence-electron chi connectivity index (χ1n) is 9.93. The minimum Gasteiger partial charge on any atom is -0.393 e. The molecule has 0 unspecified atom stereocenters. The normalized spacial score (nSPS) is 22.3. The maximum atomic E-state index is 9.68. The SMILES string of the molecule is Cc1nccc(N2CCC[C@@H](c3nnc(CN4CCC(O)CC4)n3C)C2)n1. The van der Waals surface area contributed by atoms with Crippen LogP contribution in [0.5, 0.6) is 0 Å². The molecular formula is C19H29N7O. The number of hydrogen-bond acceptors (Lipinski definition) is 7. The molecule has 8 heteroatoms. The molecule has 0 radical (unpaired) electrons. The highest BCUT2D eigenvalue weighted by Crippen LogP contribution is 2.28. The zero-order chi connectivity index (χ0) is 18.8. The summed E-state index contributed by atoms with van der Waals surface area (Å²) in [6, 6.07) is 1.99. The van der Waals surface area contributed by atoms with E-state index in [4.69, 9.17) is 0 Å². The topological polar surface area (TPSA) is 83.2 Å². The second-order valence-electron chi connectivity index (χ2n) is 7.79. The Morgan fingerprint density at radius 2 is 1.96 bits per heavy atom. The third-order valence-electron chi connectivity index (χ3n) is 5.79. The number of aromatic nitrogens is 5.